The number of amides is 1. The molecular weight excluding hydrogens is 374 g/mol. The van der Waals surface area contributed by atoms with Crippen LogP contribution in [0, 0.1) is 0 Å². The van der Waals surface area contributed by atoms with E-state index in [0.717, 1.165) is 16.5 Å². The van der Waals surface area contributed by atoms with Gasteiger partial charge in [0.25, 0.3) is 5.91 Å². The SMILES string of the molecule is COc1cc(COc2ccc3[nH]nc(NC(=O)c4ccco4)c3c2)cc(OC)c1. The van der Waals surface area contributed by atoms with E-state index in [0.29, 0.717) is 29.7 Å². The van der Waals surface area contributed by atoms with E-state index in [-0.39, 0.29) is 11.7 Å². The van der Waals surface area contributed by atoms with Gasteiger partial charge in [-0.25, -0.2) is 0 Å². The number of nitrogens with one attached hydrogen (secondary N) is 2. The number of hydrogen-bond donors (Lipinski definition) is 2. The van der Waals surface area contributed by atoms with Crippen LogP contribution < -0.4 is 19.5 Å². The molecule has 2 aromatic carbocycles. The molecule has 0 saturated carbocycles. The molecule has 0 atom stereocenters. The number of benzene rings is 2. The van der Waals surface area contributed by atoms with E-state index >= 15 is 0 Å². The van der Waals surface area contributed by atoms with Crippen LogP contribution >= 0.6 is 0 Å². The zero-order valence-electron chi connectivity index (χ0n) is 15.9. The first-order valence-corrected chi connectivity index (χ1v) is 8.84. The first kappa shape index (κ1) is 18.4. The number of carbonyl (C=O) groups excluding carboxylic acids is 1. The number of carbonyl (C=O) groups is 1. The molecule has 0 bridgehead atoms. The number of methoxy groups -OCH3 is 2. The van der Waals surface area contributed by atoms with Crippen molar-refractivity contribution in [2.75, 3.05) is 19.5 Å². The predicted molar refractivity (Wildman–Crippen MR) is 107 cm³/mol. The minimum atomic E-state index is -0.377. The Balaban J connectivity index is 1.52. The van der Waals surface area contributed by atoms with Crippen molar-refractivity contribution in [3.63, 3.8) is 0 Å². The number of aromatic nitrogens is 2. The standard InChI is InChI=1S/C21H19N3O5/c1-26-15-8-13(9-16(10-15)27-2)12-29-14-5-6-18-17(11-14)20(24-23-18)22-21(25)19-4-3-7-28-19/h3-11H,12H2,1-2H3,(H2,22,23,24,25). The maximum Gasteiger partial charge on any atom is 0.292 e. The second-order valence-electron chi connectivity index (χ2n) is 6.22. The van der Waals surface area contributed by atoms with Crippen molar-refractivity contribution in [1.29, 1.82) is 0 Å². The summed E-state index contributed by atoms with van der Waals surface area (Å²) >= 11 is 0. The number of H-pyrrole nitrogens is 1. The number of aromatic amines is 1. The normalized spacial score (nSPS) is 10.7. The molecule has 148 valence electrons. The van der Waals surface area contributed by atoms with Gasteiger partial charge in [0.05, 0.1) is 26.0 Å². The highest BCUT2D eigenvalue weighted by Gasteiger charge is 2.14. The van der Waals surface area contributed by atoms with Gasteiger partial charge in [-0.3, -0.25) is 9.89 Å². The third-order valence-corrected chi connectivity index (χ3v) is 4.33. The highest BCUT2D eigenvalue weighted by atomic mass is 16.5. The van der Waals surface area contributed by atoms with Gasteiger partial charge in [0, 0.05) is 11.5 Å². The van der Waals surface area contributed by atoms with E-state index in [2.05, 4.69) is 15.5 Å². The number of anilines is 1. The lowest BCUT2D eigenvalue weighted by Crippen LogP contribution is -2.11. The number of rotatable bonds is 7. The topological polar surface area (TPSA) is 98.6 Å². The average Bonchev–Trinajstić information content (AvgIpc) is 3.42. The maximum absolute atomic E-state index is 12.2. The number of nitrogens with zero attached hydrogens (tertiary/aromatic N) is 1. The number of hydrogen-bond acceptors (Lipinski definition) is 6. The van der Waals surface area contributed by atoms with Crippen molar-refractivity contribution in [2.45, 2.75) is 6.61 Å². The lowest BCUT2D eigenvalue weighted by Gasteiger charge is -2.10. The van der Waals surface area contributed by atoms with E-state index in [1.807, 2.05) is 30.3 Å². The highest BCUT2D eigenvalue weighted by Crippen LogP contribution is 2.27. The molecule has 8 nitrogen and oxygen atoms in total. The summed E-state index contributed by atoms with van der Waals surface area (Å²) in [4.78, 5) is 12.2. The van der Waals surface area contributed by atoms with Gasteiger partial charge in [0.1, 0.15) is 23.9 Å². The summed E-state index contributed by atoms with van der Waals surface area (Å²) < 4.78 is 21.6. The van der Waals surface area contributed by atoms with Crippen molar-refractivity contribution in [1.82, 2.24) is 10.2 Å². The Bertz CT molecular complexity index is 1110. The third kappa shape index (κ3) is 4.01. The Hall–Kier alpha value is -3.94. The van der Waals surface area contributed by atoms with Crippen LogP contribution in [-0.2, 0) is 6.61 Å². The van der Waals surface area contributed by atoms with Crippen LogP contribution in [0.3, 0.4) is 0 Å². The fourth-order valence-electron chi connectivity index (χ4n) is 2.87. The van der Waals surface area contributed by atoms with Crippen LogP contribution in [-0.4, -0.2) is 30.3 Å². The van der Waals surface area contributed by atoms with Gasteiger partial charge < -0.3 is 23.9 Å². The summed E-state index contributed by atoms with van der Waals surface area (Å²) in [5.41, 5.74) is 1.68. The number of fused-ring (bicyclic) bond motifs is 1. The largest absolute Gasteiger partial charge is 0.497 e. The van der Waals surface area contributed by atoms with Gasteiger partial charge >= 0.3 is 0 Å². The van der Waals surface area contributed by atoms with Crippen LogP contribution in [0.1, 0.15) is 16.1 Å². The lowest BCUT2D eigenvalue weighted by molar-refractivity contribution is 0.0996. The third-order valence-electron chi connectivity index (χ3n) is 4.33. The molecule has 2 N–H and O–H groups in total. The molecule has 0 aliphatic rings. The molecule has 2 aromatic heterocycles. The molecule has 2 heterocycles. The molecule has 0 radical (unpaired) electrons. The molecule has 0 fully saturated rings. The number of ether oxygens (including phenoxy) is 3. The van der Waals surface area contributed by atoms with Crippen molar-refractivity contribution in [3.05, 3.63) is 66.1 Å². The Morgan fingerprint density at radius 1 is 1.07 bits per heavy atom. The first-order valence-electron chi connectivity index (χ1n) is 8.84. The summed E-state index contributed by atoms with van der Waals surface area (Å²) in [5.74, 6) is 2.25. The van der Waals surface area contributed by atoms with Crippen LogP contribution in [0.15, 0.2) is 59.2 Å². The van der Waals surface area contributed by atoms with Crippen molar-refractivity contribution in [3.8, 4) is 17.2 Å². The molecule has 0 spiro atoms. The van der Waals surface area contributed by atoms with Gasteiger partial charge in [0.15, 0.2) is 11.6 Å². The second-order valence-corrected chi connectivity index (χ2v) is 6.22. The molecule has 1 amide bonds. The smallest absolute Gasteiger partial charge is 0.292 e. The van der Waals surface area contributed by atoms with E-state index < -0.39 is 0 Å². The van der Waals surface area contributed by atoms with E-state index in [9.17, 15) is 4.79 Å². The van der Waals surface area contributed by atoms with Crippen molar-refractivity contribution in [2.24, 2.45) is 0 Å². The molecule has 0 saturated heterocycles. The van der Waals surface area contributed by atoms with Crippen LogP contribution in [0.2, 0.25) is 0 Å². The summed E-state index contributed by atoms with van der Waals surface area (Å²) in [7, 11) is 3.20. The van der Waals surface area contributed by atoms with Crippen LogP contribution in [0.5, 0.6) is 17.2 Å². The molecule has 29 heavy (non-hydrogen) atoms. The van der Waals surface area contributed by atoms with Gasteiger partial charge in [-0.05, 0) is 48.0 Å². The van der Waals surface area contributed by atoms with E-state index in [4.69, 9.17) is 18.6 Å². The quantitative estimate of drug-likeness (QED) is 0.492. The molecule has 0 aliphatic carbocycles. The minimum absolute atomic E-state index is 0.209. The minimum Gasteiger partial charge on any atom is -0.497 e. The Morgan fingerprint density at radius 2 is 1.86 bits per heavy atom. The average molecular weight is 393 g/mol. The highest BCUT2D eigenvalue weighted by molar-refractivity contribution is 6.06. The second kappa shape index (κ2) is 7.97. The zero-order chi connectivity index (χ0) is 20.2. The molecule has 4 rings (SSSR count). The Kier molecular flexibility index (Phi) is 5.07. The monoisotopic (exact) mass is 393 g/mol. The molecule has 0 unspecified atom stereocenters. The maximum atomic E-state index is 12.2. The fraction of sp³-hybridized carbons (Fsp3) is 0.143. The van der Waals surface area contributed by atoms with Gasteiger partial charge in [-0.15, -0.1) is 0 Å². The van der Waals surface area contributed by atoms with Crippen molar-refractivity contribution >= 4 is 22.6 Å². The van der Waals surface area contributed by atoms with Gasteiger partial charge in [-0.2, -0.15) is 5.10 Å². The molecule has 4 aromatic rings. The lowest BCUT2D eigenvalue weighted by atomic mass is 10.2. The molecule has 8 heteroatoms. The predicted octanol–water partition coefficient (Wildman–Crippen LogP) is 4.00. The van der Waals surface area contributed by atoms with Gasteiger partial charge in [-0.1, -0.05) is 0 Å². The summed E-state index contributed by atoms with van der Waals surface area (Å²) in [5, 5.41) is 10.5. The van der Waals surface area contributed by atoms with Crippen LogP contribution in [0.4, 0.5) is 5.82 Å². The Labute approximate surface area is 166 Å². The number of furan rings is 1. The fourth-order valence-corrected chi connectivity index (χ4v) is 2.87. The molecular formula is C21H19N3O5. The first-order chi connectivity index (χ1) is 14.2. The van der Waals surface area contributed by atoms with Gasteiger partial charge in [0.2, 0.25) is 0 Å². The van der Waals surface area contributed by atoms with Crippen LogP contribution in [0.25, 0.3) is 10.9 Å². The van der Waals surface area contributed by atoms with Crippen molar-refractivity contribution < 1.29 is 23.4 Å². The summed E-state index contributed by atoms with van der Waals surface area (Å²) in [6, 6.07) is 14.3. The molecule has 0 aliphatic heterocycles. The summed E-state index contributed by atoms with van der Waals surface area (Å²) in [6.07, 6.45) is 1.44. The zero-order valence-corrected chi connectivity index (χ0v) is 15.9. The Morgan fingerprint density at radius 3 is 2.55 bits per heavy atom. The van der Waals surface area contributed by atoms with E-state index in [1.165, 1.54) is 6.26 Å². The van der Waals surface area contributed by atoms with E-state index in [1.54, 1.807) is 32.4 Å². The summed E-state index contributed by atoms with van der Waals surface area (Å²) in [6.45, 7) is 0.324.